The molecule has 16 heavy (non-hydrogen) atoms. The fraction of sp³-hybridized carbons (Fsp3) is 1.00. The van der Waals surface area contributed by atoms with Crippen molar-refractivity contribution in [1.82, 2.24) is 10.8 Å². The van der Waals surface area contributed by atoms with Gasteiger partial charge in [0, 0.05) is 32.3 Å². The minimum Gasteiger partial charge on any atom is -0.777 e. The molecule has 1 atom stereocenters. The Labute approximate surface area is 119 Å². The summed E-state index contributed by atoms with van der Waals surface area (Å²) in [4.78, 5) is 11.2. The average Bonchev–Trinajstić information content (AvgIpc) is 2.20. The van der Waals surface area contributed by atoms with E-state index in [0.29, 0.717) is 32.6 Å². The first kappa shape index (κ1) is 19.4. The average molecular weight is 261 g/mol. The third-order valence-electron chi connectivity index (χ3n) is 1.71. The maximum Gasteiger partial charge on any atom is 1.00 e. The van der Waals surface area contributed by atoms with Crippen molar-refractivity contribution in [1.29, 1.82) is 0 Å². The molecule has 4 N–H and O–H groups in total. The van der Waals surface area contributed by atoms with Gasteiger partial charge in [0.25, 0.3) is 0 Å². The van der Waals surface area contributed by atoms with Crippen LogP contribution in [-0.2, 0) is 9.19 Å². The van der Waals surface area contributed by atoms with Crippen molar-refractivity contribution in [3.63, 3.8) is 0 Å². The summed E-state index contributed by atoms with van der Waals surface area (Å²) in [6.45, 7) is 4.29. The van der Waals surface area contributed by atoms with E-state index >= 15 is 0 Å². The van der Waals surface area contributed by atoms with Crippen molar-refractivity contribution in [2.45, 2.75) is 19.8 Å². The van der Waals surface area contributed by atoms with Crippen molar-refractivity contribution >= 4 is 7.60 Å². The summed E-state index contributed by atoms with van der Waals surface area (Å²) in [6.07, 6.45) is 1.56. The maximum atomic E-state index is 11.2. The van der Waals surface area contributed by atoms with E-state index in [1.165, 1.54) is 0 Å². The summed E-state index contributed by atoms with van der Waals surface area (Å²) in [7, 11) is -3.68. The fourth-order valence-corrected chi connectivity index (χ4v) is 1.99. The second-order valence-corrected chi connectivity index (χ2v) is 5.06. The van der Waals surface area contributed by atoms with Crippen LogP contribution in [0.2, 0.25) is 0 Å². The Morgan fingerprint density at radius 2 is 2.06 bits per heavy atom. The second kappa shape index (κ2) is 12.5. The van der Waals surface area contributed by atoms with Gasteiger partial charge in [0.15, 0.2) is 7.60 Å². The normalized spacial score (nSPS) is 14.2. The van der Waals surface area contributed by atoms with Crippen LogP contribution in [-0.4, -0.2) is 32.3 Å². The van der Waals surface area contributed by atoms with Crippen LogP contribution < -0.4 is 51.0 Å². The molecule has 0 saturated heterocycles. The summed E-state index contributed by atoms with van der Waals surface area (Å²) in [5.74, 6) is 0. The minimum atomic E-state index is -3.68. The fourth-order valence-electron chi connectivity index (χ4n) is 0.908. The molecule has 8 heteroatoms. The molecule has 0 aromatic rings. The maximum absolute atomic E-state index is 11.2. The predicted molar refractivity (Wildman–Crippen MR) is 58.4 cm³/mol. The van der Waals surface area contributed by atoms with E-state index in [1.807, 2.05) is 6.92 Å². The van der Waals surface area contributed by atoms with Crippen LogP contribution in [0.1, 0.15) is 19.8 Å². The Bertz CT molecular complexity index is 197. The van der Waals surface area contributed by atoms with Crippen LogP contribution in [0.15, 0.2) is 0 Å². The molecule has 0 aromatic heterocycles. The summed E-state index contributed by atoms with van der Waals surface area (Å²) in [5, 5.41) is 3.01. The number of nitrogens with one attached hydrogen (secondary N) is 2. The quantitative estimate of drug-likeness (QED) is 0.163. The van der Waals surface area contributed by atoms with Gasteiger partial charge in [-0.3, -0.25) is 4.62 Å². The third kappa shape index (κ3) is 13.1. The molecule has 0 aliphatic carbocycles. The summed E-state index contributed by atoms with van der Waals surface area (Å²) in [5.41, 5.74) is 7.67. The number of hydrogen-bond donors (Lipinski definition) is 3. The molecule has 0 aliphatic rings. The van der Waals surface area contributed by atoms with Crippen molar-refractivity contribution in [2.24, 2.45) is 5.73 Å². The molecule has 0 saturated carbocycles. The molecule has 0 fully saturated rings. The van der Waals surface area contributed by atoms with Crippen LogP contribution in [0.3, 0.4) is 0 Å². The Hall–Kier alpha value is 1.03. The third-order valence-corrected chi connectivity index (χ3v) is 2.99. The molecule has 0 heterocycles. The zero-order chi connectivity index (χ0) is 11.6. The van der Waals surface area contributed by atoms with Crippen LogP contribution in [0, 0.1) is 0 Å². The SMILES string of the molecule is CCCCP(=O)([O-])ONCCNCCN.[Na+]. The van der Waals surface area contributed by atoms with Gasteiger partial charge in [0.2, 0.25) is 0 Å². The molecule has 0 bridgehead atoms. The molecule has 1 unspecified atom stereocenters. The monoisotopic (exact) mass is 261 g/mol. The number of rotatable bonds is 10. The molecule has 0 spiro atoms. The largest absolute Gasteiger partial charge is 1.00 e. The molecular formula is C8H21N3NaO3P. The van der Waals surface area contributed by atoms with Gasteiger partial charge in [0.1, 0.15) is 0 Å². The van der Waals surface area contributed by atoms with Gasteiger partial charge in [-0.15, -0.1) is 0 Å². The van der Waals surface area contributed by atoms with Crippen molar-refractivity contribution < 1.29 is 43.6 Å². The van der Waals surface area contributed by atoms with Gasteiger partial charge in [-0.25, -0.2) is 0 Å². The predicted octanol–water partition coefficient (Wildman–Crippen LogP) is -3.59. The van der Waals surface area contributed by atoms with Gasteiger partial charge in [-0.05, 0) is 6.42 Å². The summed E-state index contributed by atoms with van der Waals surface area (Å²) >= 11 is 0. The number of unbranched alkanes of at least 4 members (excludes halogenated alkanes) is 1. The van der Waals surface area contributed by atoms with Crippen LogP contribution in [0.5, 0.6) is 0 Å². The number of hydroxylamine groups is 1. The van der Waals surface area contributed by atoms with Crippen LogP contribution in [0.25, 0.3) is 0 Å². The molecule has 92 valence electrons. The Morgan fingerprint density at radius 1 is 1.38 bits per heavy atom. The van der Waals surface area contributed by atoms with E-state index in [-0.39, 0.29) is 35.7 Å². The first-order valence-electron chi connectivity index (χ1n) is 5.24. The van der Waals surface area contributed by atoms with E-state index in [9.17, 15) is 9.46 Å². The first-order chi connectivity index (χ1) is 7.12. The Balaban J connectivity index is 0. The van der Waals surface area contributed by atoms with Gasteiger partial charge in [-0.1, -0.05) is 13.3 Å². The Kier molecular flexibility index (Phi) is 15.1. The molecular weight excluding hydrogens is 240 g/mol. The van der Waals surface area contributed by atoms with E-state index in [0.717, 1.165) is 6.42 Å². The van der Waals surface area contributed by atoms with Crippen LogP contribution >= 0.6 is 7.60 Å². The van der Waals surface area contributed by atoms with E-state index < -0.39 is 7.60 Å². The number of nitrogens with two attached hydrogens (primary N) is 1. The molecule has 0 radical (unpaired) electrons. The van der Waals surface area contributed by atoms with Gasteiger partial charge in [-0.2, -0.15) is 5.48 Å². The zero-order valence-electron chi connectivity index (χ0n) is 10.2. The molecule has 6 nitrogen and oxygen atoms in total. The molecule has 0 amide bonds. The van der Waals surface area contributed by atoms with E-state index in [2.05, 4.69) is 15.4 Å². The molecule has 0 aliphatic heterocycles. The van der Waals surface area contributed by atoms with Crippen molar-refractivity contribution in [2.75, 3.05) is 32.3 Å². The van der Waals surface area contributed by atoms with E-state index in [4.69, 9.17) is 5.73 Å². The standard InChI is InChI=1S/C8H22N3O3P.Na/c1-2-3-8-15(12,13)14-11-7-6-10-5-4-9;/h10-11H,2-9H2,1H3,(H,12,13);/q;+1/p-1. The van der Waals surface area contributed by atoms with Crippen molar-refractivity contribution in [3.05, 3.63) is 0 Å². The van der Waals surface area contributed by atoms with Gasteiger partial charge in [0.05, 0.1) is 0 Å². The van der Waals surface area contributed by atoms with Gasteiger partial charge >= 0.3 is 29.6 Å². The second-order valence-electron chi connectivity index (χ2n) is 3.21. The molecule has 0 aromatic carbocycles. The van der Waals surface area contributed by atoms with Crippen LogP contribution in [0.4, 0.5) is 0 Å². The van der Waals surface area contributed by atoms with E-state index in [1.54, 1.807) is 0 Å². The summed E-state index contributed by atoms with van der Waals surface area (Å²) in [6, 6.07) is 0. The minimum absolute atomic E-state index is 0. The number of hydrogen-bond acceptors (Lipinski definition) is 6. The zero-order valence-corrected chi connectivity index (χ0v) is 13.1. The van der Waals surface area contributed by atoms with Gasteiger partial charge < -0.3 is 20.5 Å². The smallest absolute Gasteiger partial charge is 0.777 e. The first-order valence-corrected chi connectivity index (χ1v) is 6.97. The molecule has 0 rings (SSSR count). The topological polar surface area (TPSA) is 99.4 Å². The summed E-state index contributed by atoms with van der Waals surface area (Å²) < 4.78 is 15.8. The Morgan fingerprint density at radius 3 is 2.62 bits per heavy atom. The van der Waals surface area contributed by atoms with Crippen molar-refractivity contribution in [3.8, 4) is 0 Å².